The zero-order chi connectivity index (χ0) is 23.8. The summed E-state index contributed by atoms with van der Waals surface area (Å²) in [5.41, 5.74) is -0.867. The molecular weight excluding hydrogens is 445 g/mol. The SMILES string of the molecule is CCN(CCO)CCCOC1CCC(CN(C)S(=O)(=O)c2ccc(C(F)(F)F)cc2)CC1. The van der Waals surface area contributed by atoms with Crippen LogP contribution >= 0.6 is 0 Å². The van der Waals surface area contributed by atoms with Crippen LogP contribution in [0, 0.1) is 5.92 Å². The van der Waals surface area contributed by atoms with Crippen LogP contribution < -0.4 is 0 Å². The van der Waals surface area contributed by atoms with Crippen molar-refractivity contribution in [2.75, 3.05) is 46.4 Å². The molecule has 0 atom stereocenters. The highest BCUT2D eigenvalue weighted by atomic mass is 32.2. The number of aliphatic hydroxyl groups excluding tert-OH is 1. The summed E-state index contributed by atoms with van der Waals surface area (Å²) in [6.45, 7) is 5.68. The number of alkyl halides is 3. The molecule has 0 amide bonds. The third-order valence-electron chi connectivity index (χ3n) is 6.03. The normalized spacial score (nSPS) is 20.2. The number of hydrogen-bond acceptors (Lipinski definition) is 5. The van der Waals surface area contributed by atoms with Crippen LogP contribution in [0.25, 0.3) is 0 Å². The highest BCUT2D eigenvalue weighted by molar-refractivity contribution is 7.89. The number of likely N-dealkylation sites (N-methyl/N-ethyl adjacent to an activating group) is 1. The number of benzene rings is 1. The Morgan fingerprint density at radius 3 is 2.25 bits per heavy atom. The third kappa shape index (κ3) is 7.98. The molecule has 0 radical (unpaired) electrons. The third-order valence-corrected chi connectivity index (χ3v) is 7.87. The average molecular weight is 481 g/mol. The van der Waals surface area contributed by atoms with Gasteiger partial charge in [-0.1, -0.05) is 6.92 Å². The number of sulfonamides is 1. The van der Waals surface area contributed by atoms with E-state index >= 15 is 0 Å². The lowest BCUT2D eigenvalue weighted by Crippen LogP contribution is -2.34. The first-order valence-electron chi connectivity index (χ1n) is 11.2. The lowest BCUT2D eigenvalue weighted by Gasteiger charge is -2.31. The van der Waals surface area contributed by atoms with Gasteiger partial charge in [0, 0.05) is 33.3 Å². The summed E-state index contributed by atoms with van der Waals surface area (Å²) in [5, 5.41) is 9.02. The molecule has 1 N–H and O–H groups in total. The molecule has 6 nitrogen and oxygen atoms in total. The Morgan fingerprint density at radius 2 is 1.72 bits per heavy atom. The van der Waals surface area contributed by atoms with Gasteiger partial charge in [0.2, 0.25) is 10.0 Å². The predicted molar refractivity (Wildman–Crippen MR) is 117 cm³/mol. The fourth-order valence-electron chi connectivity index (χ4n) is 4.05. The van der Waals surface area contributed by atoms with Gasteiger partial charge in [-0.15, -0.1) is 0 Å². The second-order valence-electron chi connectivity index (χ2n) is 8.33. The molecule has 10 heteroatoms. The van der Waals surface area contributed by atoms with Gasteiger partial charge in [0.15, 0.2) is 0 Å². The topological polar surface area (TPSA) is 70.1 Å². The van der Waals surface area contributed by atoms with Crippen molar-refractivity contribution in [2.45, 2.75) is 56.2 Å². The monoisotopic (exact) mass is 480 g/mol. The van der Waals surface area contributed by atoms with Crippen LogP contribution in [0.1, 0.15) is 44.6 Å². The second kappa shape index (κ2) is 12.3. The van der Waals surface area contributed by atoms with Crippen LogP contribution in [-0.4, -0.2) is 75.3 Å². The first-order valence-corrected chi connectivity index (χ1v) is 12.6. The summed E-state index contributed by atoms with van der Waals surface area (Å²) < 4.78 is 70.8. The molecule has 1 aromatic rings. The summed E-state index contributed by atoms with van der Waals surface area (Å²) in [6, 6.07) is 3.62. The molecule has 1 aliphatic carbocycles. The Bertz CT molecular complexity index is 779. The average Bonchev–Trinajstić information content (AvgIpc) is 2.76. The first kappa shape index (κ1) is 27.0. The molecule has 1 saturated carbocycles. The molecule has 1 aliphatic rings. The minimum atomic E-state index is -4.50. The van der Waals surface area contributed by atoms with Gasteiger partial charge in [0.1, 0.15) is 0 Å². The number of halogens is 3. The van der Waals surface area contributed by atoms with Crippen LogP contribution in [0.3, 0.4) is 0 Å². The fourth-order valence-corrected chi connectivity index (χ4v) is 5.29. The van der Waals surface area contributed by atoms with E-state index in [4.69, 9.17) is 9.84 Å². The van der Waals surface area contributed by atoms with Crippen LogP contribution in [-0.2, 0) is 20.9 Å². The van der Waals surface area contributed by atoms with Gasteiger partial charge in [0.05, 0.1) is 23.2 Å². The fraction of sp³-hybridized carbons (Fsp3) is 0.727. The van der Waals surface area contributed by atoms with Gasteiger partial charge in [-0.25, -0.2) is 12.7 Å². The summed E-state index contributed by atoms with van der Waals surface area (Å²) >= 11 is 0. The molecule has 1 fully saturated rings. The molecule has 0 spiro atoms. The summed E-state index contributed by atoms with van der Waals surface area (Å²) in [7, 11) is -2.36. The predicted octanol–water partition coefficient (Wildman–Crippen LogP) is 3.61. The van der Waals surface area contributed by atoms with Crippen LogP contribution in [0.15, 0.2) is 29.2 Å². The van der Waals surface area contributed by atoms with Crippen molar-refractivity contribution in [3.63, 3.8) is 0 Å². The molecule has 32 heavy (non-hydrogen) atoms. The van der Waals surface area contributed by atoms with Crippen molar-refractivity contribution in [1.29, 1.82) is 0 Å². The highest BCUT2D eigenvalue weighted by Crippen LogP contribution is 2.31. The van der Waals surface area contributed by atoms with Crippen molar-refractivity contribution in [1.82, 2.24) is 9.21 Å². The molecule has 0 bridgehead atoms. The van der Waals surface area contributed by atoms with E-state index in [1.54, 1.807) is 0 Å². The van der Waals surface area contributed by atoms with E-state index in [1.807, 2.05) is 0 Å². The van der Waals surface area contributed by atoms with E-state index in [-0.39, 0.29) is 23.5 Å². The molecule has 1 aromatic carbocycles. The van der Waals surface area contributed by atoms with Crippen molar-refractivity contribution in [3.05, 3.63) is 29.8 Å². The summed E-state index contributed by atoms with van der Waals surface area (Å²) in [5.74, 6) is 0.198. The number of ether oxygens (including phenoxy) is 1. The molecule has 0 aromatic heterocycles. The molecule has 0 unspecified atom stereocenters. The minimum absolute atomic E-state index is 0.132. The largest absolute Gasteiger partial charge is 0.416 e. The Labute approximate surface area is 189 Å². The van der Waals surface area contributed by atoms with Gasteiger partial charge in [-0.05, 0) is 68.8 Å². The van der Waals surface area contributed by atoms with E-state index < -0.39 is 21.8 Å². The lowest BCUT2D eigenvalue weighted by molar-refractivity contribution is -0.137. The quantitative estimate of drug-likeness (QED) is 0.463. The zero-order valence-corrected chi connectivity index (χ0v) is 19.7. The highest BCUT2D eigenvalue weighted by Gasteiger charge is 2.32. The molecule has 0 aliphatic heterocycles. The van der Waals surface area contributed by atoms with Crippen LogP contribution in [0.2, 0.25) is 0 Å². The van der Waals surface area contributed by atoms with Crippen molar-refractivity contribution < 1.29 is 31.4 Å². The van der Waals surface area contributed by atoms with Crippen LogP contribution in [0.5, 0.6) is 0 Å². The molecule has 0 saturated heterocycles. The maximum absolute atomic E-state index is 12.7. The zero-order valence-electron chi connectivity index (χ0n) is 18.9. The summed E-state index contributed by atoms with van der Waals surface area (Å²) in [6.07, 6.45) is 0.0219. The van der Waals surface area contributed by atoms with Gasteiger partial charge in [-0.2, -0.15) is 13.2 Å². The van der Waals surface area contributed by atoms with E-state index in [0.717, 1.165) is 69.5 Å². The standard InChI is InChI=1S/C22H35F3N2O4S/c1-3-27(14-15-28)13-4-16-31-20-9-5-18(6-10-20)17-26(2)32(29,30)21-11-7-19(8-12-21)22(23,24)25/h7-8,11-12,18,20,28H,3-6,9-10,13-17H2,1-2H3. The lowest BCUT2D eigenvalue weighted by atomic mass is 9.87. The van der Waals surface area contributed by atoms with E-state index in [2.05, 4.69) is 11.8 Å². The number of nitrogens with zero attached hydrogens (tertiary/aromatic N) is 2. The molecule has 0 heterocycles. The van der Waals surface area contributed by atoms with Gasteiger partial charge in [-0.3, -0.25) is 0 Å². The first-order chi connectivity index (χ1) is 15.1. The van der Waals surface area contributed by atoms with Crippen molar-refractivity contribution >= 4 is 10.0 Å². The van der Waals surface area contributed by atoms with Gasteiger partial charge in [0.25, 0.3) is 0 Å². The van der Waals surface area contributed by atoms with Crippen molar-refractivity contribution in [3.8, 4) is 0 Å². The molecule has 2 rings (SSSR count). The van der Waals surface area contributed by atoms with E-state index in [0.29, 0.717) is 19.7 Å². The van der Waals surface area contributed by atoms with E-state index in [1.165, 1.54) is 11.4 Å². The van der Waals surface area contributed by atoms with Gasteiger partial charge < -0.3 is 14.7 Å². The number of aliphatic hydroxyl groups is 1. The van der Waals surface area contributed by atoms with Crippen LogP contribution in [0.4, 0.5) is 13.2 Å². The number of hydrogen-bond donors (Lipinski definition) is 1. The Morgan fingerprint density at radius 1 is 1.09 bits per heavy atom. The van der Waals surface area contributed by atoms with Gasteiger partial charge >= 0.3 is 6.18 Å². The Kier molecular flexibility index (Phi) is 10.4. The van der Waals surface area contributed by atoms with Crippen molar-refractivity contribution in [2.24, 2.45) is 5.92 Å². The second-order valence-corrected chi connectivity index (χ2v) is 10.4. The maximum Gasteiger partial charge on any atom is 0.416 e. The maximum atomic E-state index is 12.7. The molecular formula is C22H35F3N2O4S. The summed E-state index contributed by atoms with van der Waals surface area (Å²) in [4.78, 5) is 2.04. The molecule has 184 valence electrons. The minimum Gasteiger partial charge on any atom is -0.395 e. The Balaban J connectivity index is 1.76. The Hall–Kier alpha value is -1.20. The number of rotatable bonds is 12. The smallest absolute Gasteiger partial charge is 0.395 e. The van der Waals surface area contributed by atoms with E-state index in [9.17, 15) is 21.6 Å².